The van der Waals surface area contributed by atoms with E-state index in [1.165, 1.54) is 0 Å². The van der Waals surface area contributed by atoms with E-state index in [2.05, 4.69) is 0 Å². The summed E-state index contributed by atoms with van der Waals surface area (Å²) in [6.45, 7) is 0. The van der Waals surface area contributed by atoms with Gasteiger partial charge in [0, 0.05) is 0 Å². The monoisotopic (exact) mass is 418 g/mol. The third kappa shape index (κ3) is 21.4. The quantitative estimate of drug-likeness (QED) is 0.518. The van der Waals surface area contributed by atoms with E-state index in [4.69, 9.17) is 29.1 Å². The molecule has 0 amide bonds. The molecular weight excluding hydrogens is 416 g/mol. The van der Waals surface area contributed by atoms with Crippen LogP contribution in [-0.4, -0.2) is 27.3 Å². The molecule has 0 bridgehead atoms. The van der Waals surface area contributed by atoms with E-state index in [9.17, 15) is 0 Å². The Bertz CT molecular complexity index is 11.6. The Hall–Kier alpha value is 2.42. The van der Waals surface area contributed by atoms with Gasteiger partial charge in [0.25, 0.3) is 0 Å². The number of rotatable bonds is 0. The van der Waals surface area contributed by atoms with Crippen LogP contribution in [0.2, 0.25) is 0 Å². The summed E-state index contributed by atoms with van der Waals surface area (Å²) >= 11 is -1.66. The molecule has 0 aliphatic heterocycles. The molecule has 0 aliphatic carbocycles. The average molecular weight is 418 g/mol. The van der Waals surface area contributed by atoms with Gasteiger partial charge in [0.05, 0.1) is 0 Å². The molecule has 5 heteroatoms. The molecule has 0 aromatic rings. The van der Waals surface area contributed by atoms with Crippen molar-refractivity contribution in [1.29, 1.82) is 0 Å². The van der Waals surface area contributed by atoms with Crippen LogP contribution in [0.25, 0.3) is 0 Å². The molecule has 0 fully saturated rings. The molecule has 0 N–H and O–H groups in total. The Morgan fingerprint density at radius 3 is 1.00 bits per heavy atom. The van der Waals surface area contributed by atoms with Crippen LogP contribution in [0.3, 0.4) is 0 Å². The van der Waals surface area contributed by atoms with Crippen molar-refractivity contribution in [2.45, 2.75) is 0 Å². The normalized spacial score (nSPS) is 9.00. The van der Waals surface area contributed by atoms with Crippen LogP contribution in [0, 0.1) is 0 Å². The zero-order valence-corrected chi connectivity index (χ0v) is 11.6. The summed E-state index contributed by atoms with van der Waals surface area (Å²) in [5.41, 5.74) is 0. The van der Waals surface area contributed by atoms with Gasteiger partial charge in [0.2, 0.25) is 0 Å². The molecule has 0 heterocycles. The summed E-state index contributed by atoms with van der Waals surface area (Å²) in [4.78, 5) is 0. The van der Waals surface area contributed by atoms with Crippen LogP contribution in [-0.2, 0) is 13.0 Å². The maximum atomic E-state index is 4.94. The first kappa shape index (κ1) is 10.4. The van der Waals surface area contributed by atoms with Crippen LogP contribution >= 0.6 is 29.1 Å². The molecule has 5 heavy (non-hydrogen) atoms. The first-order valence-corrected chi connectivity index (χ1v) is 6.71. The Morgan fingerprint density at radius 2 is 1.00 bits per heavy atom. The van der Waals surface area contributed by atoms with Gasteiger partial charge in [-0.3, -0.25) is 0 Å². The molecular formula is H2Cl3PbRh. The van der Waals surface area contributed by atoms with Crippen molar-refractivity contribution in [1.82, 2.24) is 0 Å². The zero-order valence-electron chi connectivity index (χ0n) is 2.17. The molecule has 0 aliphatic rings. The fraction of sp³-hybridized carbons (Fsp3) is 0. The van der Waals surface area contributed by atoms with Crippen LogP contribution in [0.1, 0.15) is 0 Å². The Balaban J connectivity index is 0. The predicted molar refractivity (Wildman–Crippen MR) is 26.1 cm³/mol. The number of hydrogen-bond donors (Lipinski definition) is 0. The fourth-order valence-electron chi connectivity index (χ4n) is 0. The summed E-state index contributed by atoms with van der Waals surface area (Å²) in [6, 6.07) is 0. The van der Waals surface area contributed by atoms with E-state index in [0.29, 0.717) is 0 Å². The second-order valence-electron chi connectivity index (χ2n) is 0.143. The third-order valence-corrected chi connectivity index (χ3v) is 0. The maximum absolute atomic E-state index is 4.94. The molecule has 36 valence electrons. The molecule has 0 aromatic carbocycles. The first-order valence-electron chi connectivity index (χ1n) is 0.378. The van der Waals surface area contributed by atoms with Gasteiger partial charge >= 0.3 is 69.4 Å². The minimum absolute atomic E-state index is 0. The van der Waals surface area contributed by atoms with Crippen molar-refractivity contribution < 1.29 is 13.0 Å². The number of halogens is 3. The Morgan fingerprint density at radius 1 is 1.00 bits per heavy atom. The van der Waals surface area contributed by atoms with E-state index < -0.39 is 13.0 Å². The first-order chi connectivity index (χ1) is 1.73. The van der Waals surface area contributed by atoms with Gasteiger partial charge in [-0.15, -0.1) is 0 Å². The molecule has 0 atom stereocenters. The Labute approximate surface area is 68.3 Å². The second kappa shape index (κ2) is 6.42. The fourth-order valence-corrected chi connectivity index (χ4v) is 0. The van der Waals surface area contributed by atoms with Crippen LogP contribution in [0.5, 0.6) is 0 Å². The van der Waals surface area contributed by atoms with Crippen molar-refractivity contribution in [3.63, 3.8) is 0 Å². The summed E-state index contributed by atoms with van der Waals surface area (Å²) in [7, 11) is 14.8. The van der Waals surface area contributed by atoms with Crippen LogP contribution in [0.15, 0.2) is 0 Å². The molecule has 2 radical (unpaired) electrons. The van der Waals surface area contributed by atoms with Gasteiger partial charge in [-0.1, -0.05) is 0 Å². The van der Waals surface area contributed by atoms with Crippen molar-refractivity contribution in [3.05, 3.63) is 0 Å². The zero-order chi connectivity index (χ0) is 3.58. The molecule has 0 unspecified atom stereocenters. The third-order valence-electron chi connectivity index (χ3n) is 0. The summed E-state index contributed by atoms with van der Waals surface area (Å²) < 4.78 is 0. The van der Waals surface area contributed by atoms with Crippen LogP contribution < -0.4 is 0 Å². The van der Waals surface area contributed by atoms with E-state index in [1.807, 2.05) is 0 Å². The molecule has 0 nitrogen and oxygen atoms in total. The SMILES string of the molecule is [Cl][Rh]([Cl])[Cl].[PbH2]. The van der Waals surface area contributed by atoms with Crippen molar-refractivity contribution in [2.24, 2.45) is 0 Å². The number of hydrogen-bond acceptors (Lipinski definition) is 0. The van der Waals surface area contributed by atoms with Crippen LogP contribution in [0.4, 0.5) is 0 Å². The van der Waals surface area contributed by atoms with Crippen molar-refractivity contribution >= 4 is 56.4 Å². The summed E-state index contributed by atoms with van der Waals surface area (Å²) in [5, 5.41) is 0. The van der Waals surface area contributed by atoms with E-state index in [1.54, 1.807) is 0 Å². The van der Waals surface area contributed by atoms with E-state index >= 15 is 0 Å². The Kier molecular flexibility index (Phi) is 13.4. The van der Waals surface area contributed by atoms with Crippen molar-refractivity contribution in [3.8, 4) is 0 Å². The molecule has 0 saturated heterocycles. The predicted octanol–water partition coefficient (Wildman–Crippen LogP) is 1.15. The molecule has 0 aromatic heterocycles. The summed E-state index contributed by atoms with van der Waals surface area (Å²) in [5.74, 6) is 0. The van der Waals surface area contributed by atoms with Gasteiger partial charge in [0.1, 0.15) is 0 Å². The van der Waals surface area contributed by atoms with Gasteiger partial charge in [-0.2, -0.15) is 0 Å². The average Bonchev–Trinajstić information content (AvgIpc) is 0.811. The molecule has 0 spiro atoms. The standard InChI is InChI=1S/3ClH.Pb.Rh.2H/h3*1H;;;;/q;;;;+3;;/p-3. The minimum atomic E-state index is -1.66. The summed E-state index contributed by atoms with van der Waals surface area (Å²) in [6.07, 6.45) is 0. The van der Waals surface area contributed by atoms with E-state index in [-0.39, 0.29) is 27.3 Å². The molecule has 0 saturated carbocycles. The second-order valence-corrected chi connectivity index (χ2v) is 7.61. The van der Waals surface area contributed by atoms with Gasteiger partial charge in [0.15, 0.2) is 0 Å². The van der Waals surface area contributed by atoms with Gasteiger partial charge in [-0.25, -0.2) is 0 Å². The topological polar surface area (TPSA) is 0 Å². The van der Waals surface area contributed by atoms with E-state index in [0.717, 1.165) is 0 Å². The molecule has 0 rings (SSSR count). The van der Waals surface area contributed by atoms with Gasteiger partial charge in [-0.05, 0) is 0 Å². The van der Waals surface area contributed by atoms with Gasteiger partial charge < -0.3 is 0 Å². The van der Waals surface area contributed by atoms with Crippen molar-refractivity contribution in [2.75, 3.05) is 0 Å².